The molecule has 20 heavy (non-hydrogen) atoms. The zero-order valence-electron chi connectivity index (χ0n) is 11.4. The molecule has 0 bridgehead atoms. The van der Waals surface area contributed by atoms with Crippen molar-refractivity contribution < 1.29 is 19.0 Å². The van der Waals surface area contributed by atoms with E-state index in [0.717, 1.165) is 30.7 Å². The Morgan fingerprint density at radius 3 is 2.60 bits per heavy atom. The van der Waals surface area contributed by atoms with Gasteiger partial charge >= 0.3 is 0 Å². The number of amides is 1. The second-order valence-electron chi connectivity index (χ2n) is 5.09. The van der Waals surface area contributed by atoms with Crippen LogP contribution in [0.15, 0.2) is 18.2 Å². The Morgan fingerprint density at radius 2 is 1.80 bits per heavy atom. The van der Waals surface area contributed by atoms with Crippen LogP contribution in [0.4, 0.5) is 5.69 Å². The minimum atomic E-state index is 0.0414. The molecule has 0 radical (unpaired) electrons. The van der Waals surface area contributed by atoms with Gasteiger partial charge in [0.15, 0.2) is 11.5 Å². The number of carbonyl (C=O) groups excluding carboxylic acids is 1. The van der Waals surface area contributed by atoms with Crippen LogP contribution in [0.2, 0.25) is 0 Å². The van der Waals surface area contributed by atoms with Gasteiger partial charge in [0.25, 0.3) is 0 Å². The first-order valence-corrected chi connectivity index (χ1v) is 7.11. The first-order valence-electron chi connectivity index (χ1n) is 7.11. The Morgan fingerprint density at radius 1 is 1.05 bits per heavy atom. The number of ether oxygens (including phenoxy) is 3. The van der Waals surface area contributed by atoms with Crippen molar-refractivity contribution >= 4 is 11.6 Å². The lowest BCUT2D eigenvalue weighted by Gasteiger charge is -2.21. The van der Waals surface area contributed by atoms with Crippen LogP contribution in [0.3, 0.4) is 0 Å². The Bertz CT molecular complexity index is 483. The second kappa shape index (κ2) is 6.13. The van der Waals surface area contributed by atoms with Gasteiger partial charge in [-0.25, -0.2) is 0 Å². The summed E-state index contributed by atoms with van der Waals surface area (Å²) in [6, 6.07) is 5.53. The van der Waals surface area contributed by atoms with Crippen molar-refractivity contribution in [3.05, 3.63) is 18.2 Å². The van der Waals surface area contributed by atoms with Crippen LogP contribution in [0, 0.1) is 5.92 Å². The fourth-order valence-electron chi connectivity index (χ4n) is 2.45. The van der Waals surface area contributed by atoms with Gasteiger partial charge in [0.1, 0.15) is 0 Å². The van der Waals surface area contributed by atoms with Crippen LogP contribution < -0.4 is 14.8 Å². The molecule has 108 valence electrons. The maximum Gasteiger partial charge on any atom is 0.227 e. The van der Waals surface area contributed by atoms with Gasteiger partial charge in [-0.05, 0) is 25.0 Å². The van der Waals surface area contributed by atoms with E-state index >= 15 is 0 Å². The van der Waals surface area contributed by atoms with Gasteiger partial charge in [0.2, 0.25) is 5.91 Å². The van der Waals surface area contributed by atoms with E-state index in [1.165, 1.54) is 0 Å². The summed E-state index contributed by atoms with van der Waals surface area (Å²) in [5.74, 6) is 1.54. The molecule has 1 aromatic rings. The van der Waals surface area contributed by atoms with E-state index in [1.54, 1.807) is 0 Å². The molecule has 1 N–H and O–H groups in total. The molecule has 0 aromatic heterocycles. The van der Waals surface area contributed by atoms with Crippen molar-refractivity contribution in [3.63, 3.8) is 0 Å². The molecule has 5 heteroatoms. The first kappa shape index (κ1) is 13.2. The lowest BCUT2D eigenvalue weighted by molar-refractivity contribution is -0.122. The number of hydrogen-bond acceptors (Lipinski definition) is 4. The molecule has 1 fully saturated rings. The lowest BCUT2D eigenvalue weighted by atomic mass is 9.99. The molecular weight excluding hydrogens is 258 g/mol. The highest BCUT2D eigenvalue weighted by Crippen LogP contribution is 2.32. The summed E-state index contributed by atoms with van der Waals surface area (Å²) in [5, 5.41) is 2.95. The summed E-state index contributed by atoms with van der Waals surface area (Å²) in [6.07, 6.45) is 2.45. The fraction of sp³-hybridized carbons (Fsp3) is 0.533. The van der Waals surface area contributed by atoms with Crippen LogP contribution in [0.1, 0.15) is 19.3 Å². The Hall–Kier alpha value is -1.75. The molecule has 3 rings (SSSR count). The van der Waals surface area contributed by atoms with Gasteiger partial charge in [-0.2, -0.15) is 0 Å². The molecule has 1 amide bonds. The third-order valence-electron chi connectivity index (χ3n) is 3.61. The smallest absolute Gasteiger partial charge is 0.227 e. The molecule has 2 aliphatic heterocycles. The number of benzene rings is 1. The zero-order valence-corrected chi connectivity index (χ0v) is 11.4. The molecule has 1 saturated heterocycles. The highest BCUT2D eigenvalue weighted by molar-refractivity contribution is 5.92. The topological polar surface area (TPSA) is 56.8 Å². The zero-order chi connectivity index (χ0) is 13.8. The Labute approximate surface area is 118 Å². The van der Waals surface area contributed by atoms with Crippen LogP contribution in [-0.2, 0) is 9.53 Å². The van der Waals surface area contributed by atoms with Crippen molar-refractivity contribution in [2.45, 2.75) is 19.3 Å². The number of carbonyl (C=O) groups is 1. The molecule has 5 nitrogen and oxygen atoms in total. The van der Waals surface area contributed by atoms with Crippen molar-refractivity contribution in [3.8, 4) is 11.5 Å². The van der Waals surface area contributed by atoms with Crippen molar-refractivity contribution in [1.29, 1.82) is 0 Å². The lowest BCUT2D eigenvalue weighted by Crippen LogP contribution is -2.28. The molecule has 0 saturated carbocycles. The summed E-state index contributed by atoms with van der Waals surface area (Å²) in [5.41, 5.74) is 0.755. The summed E-state index contributed by atoms with van der Waals surface area (Å²) in [6.45, 7) is 2.64. The van der Waals surface area contributed by atoms with Crippen molar-refractivity contribution in [1.82, 2.24) is 0 Å². The van der Waals surface area contributed by atoms with E-state index in [4.69, 9.17) is 14.2 Å². The van der Waals surface area contributed by atoms with Crippen molar-refractivity contribution in [2.24, 2.45) is 5.92 Å². The van der Waals surface area contributed by atoms with E-state index in [9.17, 15) is 4.79 Å². The molecule has 0 unspecified atom stereocenters. The van der Waals surface area contributed by atoms with Gasteiger partial charge in [0, 0.05) is 37.3 Å². The van der Waals surface area contributed by atoms with Gasteiger partial charge in [-0.15, -0.1) is 0 Å². The standard InChI is InChI=1S/C15H19NO4/c17-15(11-4-8-18-9-5-11)16-12-2-3-13-14(10-12)20-7-1-6-19-13/h2-3,10-11H,1,4-9H2,(H,16,17). The monoisotopic (exact) mass is 277 g/mol. The van der Waals surface area contributed by atoms with E-state index in [0.29, 0.717) is 32.2 Å². The minimum absolute atomic E-state index is 0.0414. The third kappa shape index (κ3) is 3.04. The second-order valence-corrected chi connectivity index (χ2v) is 5.09. The van der Waals surface area contributed by atoms with Crippen molar-refractivity contribution in [2.75, 3.05) is 31.7 Å². The largest absolute Gasteiger partial charge is 0.490 e. The average molecular weight is 277 g/mol. The third-order valence-corrected chi connectivity index (χ3v) is 3.61. The summed E-state index contributed by atoms with van der Waals surface area (Å²) in [4.78, 5) is 12.2. The molecule has 0 spiro atoms. The first-order chi connectivity index (χ1) is 9.83. The van der Waals surface area contributed by atoms with Crippen LogP contribution in [0.25, 0.3) is 0 Å². The van der Waals surface area contributed by atoms with Gasteiger partial charge in [0.05, 0.1) is 13.2 Å². The number of fused-ring (bicyclic) bond motifs is 1. The maximum atomic E-state index is 12.2. The predicted molar refractivity (Wildman–Crippen MR) is 74.2 cm³/mol. The number of nitrogens with one attached hydrogen (secondary N) is 1. The van der Waals surface area contributed by atoms with E-state index in [-0.39, 0.29) is 11.8 Å². The van der Waals surface area contributed by atoms with Crippen LogP contribution in [-0.4, -0.2) is 32.3 Å². The van der Waals surface area contributed by atoms with E-state index in [2.05, 4.69) is 5.32 Å². The molecule has 0 atom stereocenters. The Kier molecular flexibility index (Phi) is 4.06. The highest BCUT2D eigenvalue weighted by atomic mass is 16.5. The average Bonchev–Trinajstić information content (AvgIpc) is 2.73. The SMILES string of the molecule is O=C(Nc1ccc2c(c1)OCCCO2)C1CCOCC1. The highest BCUT2D eigenvalue weighted by Gasteiger charge is 2.22. The molecule has 1 aromatic carbocycles. The number of hydrogen-bond donors (Lipinski definition) is 1. The maximum absolute atomic E-state index is 12.2. The Balaban J connectivity index is 1.68. The number of anilines is 1. The number of rotatable bonds is 2. The summed E-state index contributed by atoms with van der Waals surface area (Å²) in [7, 11) is 0. The minimum Gasteiger partial charge on any atom is -0.490 e. The van der Waals surface area contributed by atoms with Gasteiger partial charge < -0.3 is 19.5 Å². The fourth-order valence-corrected chi connectivity index (χ4v) is 2.45. The molecule has 0 aliphatic carbocycles. The normalized spacial score (nSPS) is 19.2. The summed E-state index contributed by atoms with van der Waals surface area (Å²) < 4.78 is 16.5. The van der Waals surface area contributed by atoms with Gasteiger partial charge in [-0.3, -0.25) is 4.79 Å². The molecule has 2 aliphatic rings. The van der Waals surface area contributed by atoms with E-state index in [1.807, 2.05) is 18.2 Å². The van der Waals surface area contributed by atoms with Gasteiger partial charge in [-0.1, -0.05) is 0 Å². The quantitative estimate of drug-likeness (QED) is 0.900. The summed E-state index contributed by atoms with van der Waals surface area (Å²) >= 11 is 0. The van der Waals surface area contributed by atoms with Crippen LogP contribution >= 0.6 is 0 Å². The van der Waals surface area contributed by atoms with Crippen LogP contribution in [0.5, 0.6) is 11.5 Å². The molecule has 2 heterocycles. The molecular formula is C15H19NO4. The predicted octanol–water partition coefficient (Wildman–Crippen LogP) is 2.21. The van der Waals surface area contributed by atoms with E-state index < -0.39 is 0 Å².